The van der Waals surface area contributed by atoms with Gasteiger partial charge in [-0.1, -0.05) is 39.8 Å². The molecule has 1 aliphatic rings. The summed E-state index contributed by atoms with van der Waals surface area (Å²) in [5.74, 6) is 0. The topological polar surface area (TPSA) is 36.2 Å². The Hall–Kier alpha value is -0.531. The van der Waals surface area contributed by atoms with E-state index < -0.39 is 0 Å². The number of hydrogen-bond donors (Lipinski definition) is 0. The van der Waals surface area contributed by atoms with Gasteiger partial charge in [0.15, 0.2) is 0 Å². The van der Waals surface area contributed by atoms with E-state index in [1.165, 1.54) is 6.42 Å². The summed E-state index contributed by atoms with van der Waals surface area (Å²) in [6.45, 7) is 12.7. The fourth-order valence-corrected chi connectivity index (χ4v) is 0.930. The largest absolute Gasteiger partial charge is 1.00 e. The third-order valence-electron chi connectivity index (χ3n) is 1.90. The molecular weight excluding hydrogens is 248 g/mol. The third kappa shape index (κ3) is 11.5. The Kier molecular flexibility index (Phi) is 9.60. The van der Waals surface area contributed by atoms with Crippen LogP contribution in [0.25, 0.3) is 5.73 Å². The van der Waals surface area contributed by atoms with E-state index in [-0.39, 0.29) is 17.1 Å². The van der Waals surface area contributed by atoms with E-state index in [0.717, 1.165) is 18.7 Å². The molecule has 0 spiro atoms. The maximum Gasteiger partial charge on any atom is 1.00 e. The van der Waals surface area contributed by atoms with Crippen molar-refractivity contribution in [3.8, 4) is 0 Å². The minimum atomic E-state index is 0. The van der Waals surface area contributed by atoms with Crippen LogP contribution in [0.4, 0.5) is 0 Å². The van der Waals surface area contributed by atoms with Crippen molar-refractivity contribution in [2.24, 2.45) is 10.4 Å². The zero-order valence-electron chi connectivity index (χ0n) is 10.7. The average molecular weight is 271 g/mol. The van der Waals surface area contributed by atoms with Gasteiger partial charge in [0.2, 0.25) is 0 Å². The fourth-order valence-electron chi connectivity index (χ4n) is 0.930. The van der Waals surface area contributed by atoms with E-state index >= 15 is 0 Å². The minimum absolute atomic E-state index is 0. The SMILES string of the molecule is C/C([NH-])=C/C1=NCCC1.C=CC(C)(C)C.[Cu+]. The van der Waals surface area contributed by atoms with E-state index in [1.807, 2.05) is 12.2 Å². The number of rotatable bonds is 1. The van der Waals surface area contributed by atoms with Crippen LogP contribution in [-0.4, -0.2) is 12.3 Å². The molecule has 2 nitrogen and oxygen atoms in total. The van der Waals surface area contributed by atoms with Crippen LogP contribution in [0.5, 0.6) is 0 Å². The molecule has 0 saturated carbocycles. The van der Waals surface area contributed by atoms with Crippen molar-refractivity contribution >= 4 is 5.71 Å². The molecule has 96 valence electrons. The molecule has 1 N–H and O–H groups in total. The Morgan fingerprint density at radius 2 is 1.94 bits per heavy atom. The summed E-state index contributed by atoms with van der Waals surface area (Å²) in [4.78, 5) is 4.20. The van der Waals surface area contributed by atoms with Gasteiger partial charge in [-0.3, -0.25) is 4.99 Å². The summed E-state index contributed by atoms with van der Waals surface area (Å²) >= 11 is 0. The maximum atomic E-state index is 7.12. The van der Waals surface area contributed by atoms with Gasteiger partial charge >= 0.3 is 17.1 Å². The molecule has 1 rings (SSSR count). The van der Waals surface area contributed by atoms with E-state index in [1.54, 1.807) is 6.92 Å². The Morgan fingerprint density at radius 1 is 1.44 bits per heavy atom. The quantitative estimate of drug-likeness (QED) is 0.500. The van der Waals surface area contributed by atoms with E-state index in [0.29, 0.717) is 11.1 Å². The molecule has 0 atom stereocenters. The normalized spacial score (nSPS) is 15.5. The van der Waals surface area contributed by atoms with Crippen LogP contribution in [0, 0.1) is 5.41 Å². The average Bonchev–Trinajstić information content (AvgIpc) is 2.55. The van der Waals surface area contributed by atoms with Crippen molar-refractivity contribution in [1.82, 2.24) is 0 Å². The molecule has 1 heterocycles. The van der Waals surface area contributed by atoms with Gasteiger partial charge < -0.3 is 5.73 Å². The van der Waals surface area contributed by atoms with E-state index in [2.05, 4.69) is 32.3 Å². The van der Waals surface area contributed by atoms with Gasteiger partial charge in [0.05, 0.1) is 0 Å². The van der Waals surface area contributed by atoms with Crippen molar-refractivity contribution in [2.75, 3.05) is 6.54 Å². The van der Waals surface area contributed by atoms with Crippen molar-refractivity contribution in [3.05, 3.63) is 30.2 Å². The second-order valence-electron chi connectivity index (χ2n) is 4.87. The first-order chi connectivity index (χ1) is 6.85. The molecule has 0 amide bonds. The first-order valence-electron chi connectivity index (χ1n) is 5.42. The van der Waals surface area contributed by atoms with Gasteiger partial charge in [-0.25, -0.2) is 0 Å². The number of aliphatic imine (C=N–C) groups is 1. The standard InChI is InChI=1S/C7H11N2.C6H12.Cu/c1-6(8)5-7-3-2-4-9-7;1-5-6(2,3)4;/h5,8H,2-4H2,1H3;5H,1H2,2-4H3;/q-1;;+1/b6-5-;;. The number of nitrogens with zero attached hydrogens (tertiary/aromatic N) is 1. The summed E-state index contributed by atoms with van der Waals surface area (Å²) in [5, 5.41) is 0. The van der Waals surface area contributed by atoms with Gasteiger partial charge in [0.25, 0.3) is 0 Å². The second kappa shape index (κ2) is 8.60. The Labute approximate surface area is 111 Å². The van der Waals surface area contributed by atoms with Gasteiger partial charge in [0.1, 0.15) is 0 Å². The number of allylic oxidation sites excluding steroid dienone is 3. The summed E-state index contributed by atoms with van der Waals surface area (Å²) in [5.41, 5.74) is 9.13. The van der Waals surface area contributed by atoms with Gasteiger partial charge in [-0.15, -0.1) is 6.58 Å². The maximum absolute atomic E-state index is 7.12. The molecule has 0 aromatic rings. The van der Waals surface area contributed by atoms with Crippen molar-refractivity contribution in [1.29, 1.82) is 0 Å². The summed E-state index contributed by atoms with van der Waals surface area (Å²) in [7, 11) is 0. The molecule has 0 fully saturated rings. The number of hydrogen-bond acceptors (Lipinski definition) is 1. The molecule has 0 aromatic carbocycles. The second-order valence-corrected chi connectivity index (χ2v) is 4.87. The van der Waals surface area contributed by atoms with Crippen LogP contribution in [0.15, 0.2) is 29.4 Å². The van der Waals surface area contributed by atoms with Crippen molar-refractivity contribution in [2.45, 2.75) is 40.5 Å². The first-order valence-corrected chi connectivity index (χ1v) is 5.42. The molecule has 0 radical (unpaired) electrons. The Balaban J connectivity index is 0. The van der Waals surface area contributed by atoms with Crippen LogP contribution < -0.4 is 0 Å². The van der Waals surface area contributed by atoms with Crippen molar-refractivity contribution < 1.29 is 17.1 Å². The van der Waals surface area contributed by atoms with E-state index in [4.69, 9.17) is 5.73 Å². The van der Waals surface area contributed by atoms with Gasteiger partial charge in [-0.05, 0) is 18.3 Å². The predicted molar refractivity (Wildman–Crippen MR) is 69.3 cm³/mol. The summed E-state index contributed by atoms with van der Waals surface area (Å²) in [6.07, 6.45) is 6.01. The molecule has 0 bridgehead atoms. The molecule has 0 aromatic heterocycles. The monoisotopic (exact) mass is 270 g/mol. The van der Waals surface area contributed by atoms with Gasteiger partial charge in [-0.2, -0.15) is 5.70 Å². The summed E-state index contributed by atoms with van der Waals surface area (Å²) < 4.78 is 0. The van der Waals surface area contributed by atoms with Crippen LogP contribution in [0.3, 0.4) is 0 Å². The van der Waals surface area contributed by atoms with Crippen LogP contribution in [0.1, 0.15) is 40.5 Å². The molecule has 0 unspecified atom stereocenters. The molecule has 16 heavy (non-hydrogen) atoms. The molecule has 3 heteroatoms. The minimum Gasteiger partial charge on any atom is -0.702 e. The smallest absolute Gasteiger partial charge is 0.702 e. The predicted octanol–water partition coefficient (Wildman–Crippen LogP) is 4.39. The van der Waals surface area contributed by atoms with Crippen LogP contribution in [0.2, 0.25) is 0 Å². The van der Waals surface area contributed by atoms with Gasteiger partial charge in [0, 0.05) is 12.3 Å². The van der Waals surface area contributed by atoms with Crippen LogP contribution in [-0.2, 0) is 17.1 Å². The third-order valence-corrected chi connectivity index (χ3v) is 1.90. The molecular formula is C13H23CuN2. The van der Waals surface area contributed by atoms with Crippen LogP contribution >= 0.6 is 0 Å². The number of nitrogens with one attached hydrogen (secondary N) is 1. The Bertz CT molecular complexity index is 256. The van der Waals surface area contributed by atoms with Crippen molar-refractivity contribution in [3.63, 3.8) is 0 Å². The zero-order chi connectivity index (χ0) is 11.9. The first kappa shape index (κ1) is 17.9. The molecule has 1 aliphatic heterocycles. The zero-order valence-corrected chi connectivity index (χ0v) is 11.7. The molecule has 0 aliphatic carbocycles. The molecule has 0 saturated heterocycles. The summed E-state index contributed by atoms with van der Waals surface area (Å²) in [6, 6.07) is 0. The Morgan fingerprint density at radius 3 is 2.19 bits per heavy atom. The fraction of sp³-hybridized carbons (Fsp3) is 0.615. The van der Waals surface area contributed by atoms with E-state index in [9.17, 15) is 0 Å².